The molecule has 30 heavy (non-hydrogen) atoms. The summed E-state index contributed by atoms with van der Waals surface area (Å²) in [4.78, 5) is 38.5. The van der Waals surface area contributed by atoms with Crippen molar-refractivity contribution in [1.82, 2.24) is 0 Å². The number of nitrogens with zero attached hydrogens (tertiary/aromatic N) is 1. The number of aromatic nitrogens is 1. The first-order valence-electron chi connectivity index (χ1n) is 9.47. The molecule has 0 bridgehead atoms. The Bertz CT molecular complexity index is 786. The smallest absolute Gasteiger partial charge is 0.324 e. The largest absolute Gasteiger partial charge is 1.00 e. The molecule has 2 rings (SSSR count). The Labute approximate surface area is 209 Å². The van der Waals surface area contributed by atoms with Crippen molar-refractivity contribution in [3.05, 3.63) is 27.4 Å². The molecule has 2 heterocycles. The van der Waals surface area contributed by atoms with Crippen LogP contribution < -0.4 is 21.0 Å². The lowest BCUT2D eigenvalue weighted by molar-refractivity contribution is -0.495. The van der Waals surface area contributed by atoms with E-state index in [0.29, 0.717) is 18.8 Å². The highest BCUT2D eigenvalue weighted by molar-refractivity contribution is 9.11. The van der Waals surface area contributed by atoms with E-state index in [9.17, 15) is 14.4 Å². The van der Waals surface area contributed by atoms with E-state index in [0.717, 1.165) is 8.95 Å². The molecule has 0 amide bonds. The predicted octanol–water partition coefficient (Wildman–Crippen LogP) is 1.26. The molecule has 0 saturated carbocycles. The van der Waals surface area contributed by atoms with Crippen molar-refractivity contribution in [2.24, 2.45) is 11.3 Å². The highest BCUT2D eigenvalue weighted by Gasteiger charge is 2.62. The third-order valence-electron chi connectivity index (χ3n) is 4.87. The van der Waals surface area contributed by atoms with Crippen molar-refractivity contribution in [3.63, 3.8) is 0 Å². The summed E-state index contributed by atoms with van der Waals surface area (Å²) in [6.07, 6.45) is 4.64. The minimum absolute atomic E-state index is 0. The quantitative estimate of drug-likeness (QED) is 0.232. The Hall–Kier alpha value is -0.450. The Morgan fingerprint density at radius 2 is 1.90 bits per heavy atom. The van der Waals surface area contributed by atoms with Crippen molar-refractivity contribution >= 4 is 61.5 Å². The summed E-state index contributed by atoms with van der Waals surface area (Å²) in [7, 11) is 0. The molecule has 0 radical (unpaired) electrons. The number of ketones is 1. The summed E-state index contributed by atoms with van der Waals surface area (Å²) >= 11 is 8.10. The van der Waals surface area contributed by atoms with Gasteiger partial charge in [0, 0.05) is 6.42 Å². The monoisotopic (exact) mass is 629 g/mol. The van der Waals surface area contributed by atoms with Gasteiger partial charge in [0.25, 0.3) is 0 Å². The number of Topliss-reactive ketones (excluding diaryl/α,β-unsaturated/α-hetero) is 1. The SMILES string of the molecule is CCOC(=O)C1(CCC(C)C)CC(C)(C(=O)CS[n+]2cc(Br)cc(Br)c2)OC1=O.[Br-]. The van der Waals surface area contributed by atoms with E-state index in [1.165, 1.54) is 11.9 Å². The first kappa shape index (κ1) is 27.6. The zero-order chi connectivity index (χ0) is 21.8. The lowest BCUT2D eigenvalue weighted by Gasteiger charge is -2.24. The number of carbonyl (C=O) groups is 3. The Kier molecular flexibility index (Phi) is 10.5. The molecule has 2 unspecified atom stereocenters. The molecule has 0 spiro atoms. The topological polar surface area (TPSA) is 73.6 Å². The Morgan fingerprint density at radius 3 is 2.43 bits per heavy atom. The maximum Gasteiger partial charge on any atom is 0.324 e. The summed E-state index contributed by atoms with van der Waals surface area (Å²) in [6, 6.07) is 1.89. The van der Waals surface area contributed by atoms with Gasteiger partial charge in [-0.15, -0.1) is 3.97 Å². The minimum Gasteiger partial charge on any atom is -1.00 e. The van der Waals surface area contributed by atoms with Gasteiger partial charge >= 0.3 is 11.9 Å². The number of halogens is 3. The van der Waals surface area contributed by atoms with Crippen LogP contribution in [0.25, 0.3) is 0 Å². The summed E-state index contributed by atoms with van der Waals surface area (Å²) in [5.41, 5.74) is -2.76. The van der Waals surface area contributed by atoms with Gasteiger partial charge in [0.1, 0.15) is 5.75 Å². The highest BCUT2D eigenvalue weighted by Crippen LogP contribution is 2.46. The maximum atomic E-state index is 13.0. The van der Waals surface area contributed by atoms with Gasteiger partial charge in [-0.3, -0.25) is 14.4 Å². The van der Waals surface area contributed by atoms with Crippen LogP contribution in [0.3, 0.4) is 0 Å². The van der Waals surface area contributed by atoms with Crippen LogP contribution in [0.2, 0.25) is 0 Å². The Morgan fingerprint density at radius 1 is 1.30 bits per heavy atom. The van der Waals surface area contributed by atoms with Crippen molar-refractivity contribution in [2.45, 2.75) is 52.6 Å². The van der Waals surface area contributed by atoms with Gasteiger partial charge < -0.3 is 26.5 Å². The predicted molar refractivity (Wildman–Crippen MR) is 117 cm³/mol. The minimum atomic E-state index is -1.42. The van der Waals surface area contributed by atoms with Crippen molar-refractivity contribution in [3.8, 4) is 0 Å². The molecule has 1 aliphatic heterocycles. The standard InChI is InChI=1S/C20H26Br2NO5S.BrH/c1-5-27-17(25)20(7-6-13(2)3)12-19(4,28-18(20)26)16(24)11-29-23-9-14(21)8-15(22)10-23;/h8-10,13H,5-7,11-12H2,1-4H3;1H/q+1;/p-1. The van der Waals surface area contributed by atoms with E-state index in [1.54, 1.807) is 17.8 Å². The summed E-state index contributed by atoms with van der Waals surface area (Å²) < 4.78 is 14.2. The molecule has 10 heteroatoms. The summed E-state index contributed by atoms with van der Waals surface area (Å²) in [5, 5.41) is 0. The van der Waals surface area contributed by atoms with Gasteiger partial charge in [0.05, 0.1) is 15.6 Å². The Balaban J connectivity index is 0.00000450. The molecular weight excluding hydrogens is 606 g/mol. The van der Waals surface area contributed by atoms with Crippen LogP contribution in [0.5, 0.6) is 0 Å². The second kappa shape index (κ2) is 11.4. The number of rotatable bonds is 9. The third-order valence-corrected chi connectivity index (χ3v) is 6.64. The van der Waals surface area contributed by atoms with E-state index < -0.39 is 23.0 Å². The van der Waals surface area contributed by atoms with Gasteiger partial charge in [-0.05, 0) is 70.5 Å². The van der Waals surface area contributed by atoms with Crippen LogP contribution in [0.15, 0.2) is 27.4 Å². The molecular formula is C20H26Br3NO5S. The molecule has 1 aromatic heterocycles. The fourth-order valence-electron chi connectivity index (χ4n) is 3.24. The van der Waals surface area contributed by atoms with E-state index >= 15 is 0 Å². The summed E-state index contributed by atoms with van der Waals surface area (Å²) in [6.45, 7) is 7.50. The first-order chi connectivity index (χ1) is 13.5. The first-order valence-corrected chi connectivity index (χ1v) is 12.0. The number of cyclic esters (lactones) is 1. The zero-order valence-electron chi connectivity index (χ0n) is 17.4. The van der Waals surface area contributed by atoms with Crippen molar-refractivity contribution in [1.29, 1.82) is 0 Å². The van der Waals surface area contributed by atoms with E-state index in [2.05, 4.69) is 31.9 Å². The average molecular weight is 632 g/mol. The van der Waals surface area contributed by atoms with Crippen LogP contribution in [0.4, 0.5) is 0 Å². The number of hydrogen-bond acceptors (Lipinski definition) is 6. The number of hydrogen-bond donors (Lipinski definition) is 0. The van der Waals surface area contributed by atoms with E-state index in [-0.39, 0.29) is 41.5 Å². The molecule has 0 N–H and O–H groups in total. The molecule has 1 fully saturated rings. The van der Waals surface area contributed by atoms with Gasteiger partial charge in [-0.1, -0.05) is 13.8 Å². The molecule has 1 aliphatic rings. The maximum absolute atomic E-state index is 13.0. The van der Waals surface area contributed by atoms with Gasteiger partial charge in [-0.25, -0.2) is 0 Å². The molecule has 0 aliphatic carbocycles. The van der Waals surface area contributed by atoms with Crippen LogP contribution in [-0.4, -0.2) is 35.7 Å². The fraction of sp³-hybridized carbons (Fsp3) is 0.600. The number of esters is 2. The fourth-order valence-corrected chi connectivity index (χ4v) is 5.70. The lowest BCUT2D eigenvalue weighted by Crippen LogP contribution is -3.00. The van der Waals surface area contributed by atoms with Crippen LogP contribution in [-0.2, 0) is 23.9 Å². The van der Waals surface area contributed by atoms with Crippen molar-refractivity contribution in [2.75, 3.05) is 12.4 Å². The zero-order valence-corrected chi connectivity index (χ0v) is 23.0. The van der Waals surface area contributed by atoms with Crippen molar-refractivity contribution < 1.29 is 44.8 Å². The van der Waals surface area contributed by atoms with Crippen LogP contribution in [0, 0.1) is 11.3 Å². The van der Waals surface area contributed by atoms with Gasteiger partial charge in [0.15, 0.2) is 41.1 Å². The molecule has 1 aromatic rings. The van der Waals surface area contributed by atoms with E-state index in [4.69, 9.17) is 9.47 Å². The molecule has 2 atom stereocenters. The molecule has 6 nitrogen and oxygen atoms in total. The van der Waals surface area contributed by atoms with Gasteiger partial charge in [-0.2, -0.15) is 0 Å². The average Bonchev–Trinajstić information content (AvgIpc) is 2.89. The second-order valence-corrected chi connectivity index (χ2v) is 10.6. The second-order valence-electron chi connectivity index (χ2n) is 7.76. The summed E-state index contributed by atoms with van der Waals surface area (Å²) in [5.74, 6) is -1.09. The number of ether oxygens (including phenoxy) is 2. The third kappa shape index (κ3) is 6.53. The molecule has 168 valence electrons. The highest BCUT2D eigenvalue weighted by atomic mass is 79.9. The van der Waals surface area contributed by atoms with Crippen LogP contribution in [0.1, 0.15) is 47.0 Å². The van der Waals surface area contributed by atoms with Crippen LogP contribution >= 0.6 is 43.8 Å². The molecule has 1 saturated heterocycles. The number of carbonyl (C=O) groups excluding carboxylic acids is 3. The van der Waals surface area contributed by atoms with E-state index in [1.807, 2.05) is 32.3 Å². The number of pyridine rings is 1. The lowest BCUT2D eigenvalue weighted by atomic mass is 9.75. The molecule has 0 aromatic carbocycles. The van der Waals surface area contributed by atoms with Gasteiger partial charge in [0.2, 0.25) is 0 Å². The normalized spacial score (nSPS) is 23.1.